The van der Waals surface area contributed by atoms with Crippen molar-refractivity contribution in [2.45, 2.75) is 30.3 Å². The van der Waals surface area contributed by atoms with Gasteiger partial charge in [0.1, 0.15) is 0 Å². The molecule has 176 valence electrons. The third-order valence-electron chi connectivity index (χ3n) is 5.51. The van der Waals surface area contributed by atoms with Crippen molar-refractivity contribution >= 4 is 39.1 Å². The van der Waals surface area contributed by atoms with Crippen LogP contribution < -0.4 is 14.9 Å². The van der Waals surface area contributed by atoms with Gasteiger partial charge in [0.05, 0.1) is 10.6 Å². The highest BCUT2D eigenvalue weighted by atomic mass is 35.5. The summed E-state index contributed by atoms with van der Waals surface area (Å²) in [6.45, 7) is 0.239. The summed E-state index contributed by atoms with van der Waals surface area (Å²) in [6.07, 6.45) is 2.05. The molecule has 0 spiro atoms. The fraction of sp³-hybridized carbons (Fsp3) is 0.200. The zero-order valence-corrected chi connectivity index (χ0v) is 20.1. The molecular weight excluding hydrogens is 474 g/mol. The molecule has 3 aromatic carbocycles. The maximum absolute atomic E-state index is 13.1. The molecule has 2 amide bonds. The van der Waals surface area contributed by atoms with Crippen molar-refractivity contribution < 1.29 is 18.0 Å². The number of amides is 2. The van der Waals surface area contributed by atoms with E-state index in [1.54, 1.807) is 54.6 Å². The SMILES string of the molecule is CN(c1cccc(Cl)c1)S(=O)(=O)c1cccc(C(=O)NCc2ccc(C(=O)NC3CC3)cc2)c1. The molecule has 9 heteroatoms. The molecule has 3 aromatic rings. The summed E-state index contributed by atoms with van der Waals surface area (Å²) >= 11 is 5.99. The molecule has 1 aliphatic carbocycles. The molecule has 0 radical (unpaired) electrons. The van der Waals surface area contributed by atoms with Gasteiger partial charge in [0.25, 0.3) is 21.8 Å². The molecule has 4 rings (SSSR count). The monoisotopic (exact) mass is 497 g/mol. The number of halogens is 1. The Labute approximate surface area is 203 Å². The summed E-state index contributed by atoms with van der Waals surface area (Å²) < 4.78 is 27.3. The number of carbonyl (C=O) groups is 2. The van der Waals surface area contributed by atoms with Gasteiger partial charge in [-0.2, -0.15) is 0 Å². The van der Waals surface area contributed by atoms with Gasteiger partial charge in [-0.15, -0.1) is 0 Å². The lowest BCUT2D eigenvalue weighted by atomic mass is 10.1. The first-order chi connectivity index (χ1) is 16.2. The minimum Gasteiger partial charge on any atom is -0.349 e. The molecule has 7 nitrogen and oxygen atoms in total. The van der Waals surface area contributed by atoms with Gasteiger partial charge in [0, 0.05) is 35.8 Å². The molecule has 1 aliphatic rings. The average molecular weight is 498 g/mol. The van der Waals surface area contributed by atoms with Gasteiger partial charge in [0.15, 0.2) is 0 Å². The van der Waals surface area contributed by atoms with E-state index in [0.717, 1.165) is 22.7 Å². The summed E-state index contributed by atoms with van der Waals surface area (Å²) in [7, 11) is -2.46. The van der Waals surface area contributed by atoms with Gasteiger partial charge in [-0.1, -0.05) is 35.9 Å². The first kappa shape index (κ1) is 23.8. The van der Waals surface area contributed by atoms with Crippen LogP contribution in [-0.4, -0.2) is 33.3 Å². The molecule has 0 atom stereocenters. The van der Waals surface area contributed by atoms with E-state index in [2.05, 4.69) is 10.6 Å². The summed E-state index contributed by atoms with van der Waals surface area (Å²) in [4.78, 5) is 24.8. The van der Waals surface area contributed by atoms with Crippen molar-refractivity contribution in [2.24, 2.45) is 0 Å². The van der Waals surface area contributed by atoms with E-state index in [0.29, 0.717) is 16.3 Å². The van der Waals surface area contributed by atoms with E-state index in [-0.39, 0.29) is 29.0 Å². The van der Waals surface area contributed by atoms with Gasteiger partial charge in [0.2, 0.25) is 0 Å². The number of rotatable bonds is 8. The number of nitrogens with zero attached hydrogens (tertiary/aromatic N) is 1. The fourth-order valence-corrected chi connectivity index (χ4v) is 4.74. The van der Waals surface area contributed by atoms with E-state index in [9.17, 15) is 18.0 Å². The van der Waals surface area contributed by atoms with Crippen molar-refractivity contribution in [1.82, 2.24) is 10.6 Å². The van der Waals surface area contributed by atoms with E-state index < -0.39 is 15.9 Å². The van der Waals surface area contributed by atoms with Crippen LogP contribution in [0.1, 0.15) is 39.1 Å². The molecular formula is C25H24ClN3O4S. The smallest absolute Gasteiger partial charge is 0.264 e. The molecule has 0 aromatic heterocycles. The van der Waals surface area contributed by atoms with E-state index in [1.807, 2.05) is 0 Å². The Hall–Kier alpha value is -3.36. The fourth-order valence-electron chi connectivity index (χ4n) is 3.32. The first-order valence-electron chi connectivity index (χ1n) is 10.8. The molecule has 0 bridgehead atoms. The van der Waals surface area contributed by atoms with E-state index >= 15 is 0 Å². The van der Waals surface area contributed by atoms with Crippen molar-refractivity contribution in [3.05, 3.63) is 94.5 Å². The topological polar surface area (TPSA) is 95.6 Å². The second-order valence-electron chi connectivity index (χ2n) is 8.11. The zero-order chi connectivity index (χ0) is 24.3. The van der Waals surface area contributed by atoms with Crippen LogP contribution in [0.3, 0.4) is 0 Å². The second-order valence-corrected chi connectivity index (χ2v) is 10.5. The largest absolute Gasteiger partial charge is 0.349 e. The highest BCUT2D eigenvalue weighted by Crippen LogP contribution is 2.25. The Balaban J connectivity index is 1.42. The lowest BCUT2D eigenvalue weighted by Gasteiger charge is -2.20. The molecule has 1 saturated carbocycles. The zero-order valence-electron chi connectivity index (χ0n) is 18.5. The summed E-state index contributed by atoms with van der Waals surface area (Å²) in [5, 5.41) is 6.14. The van der Waals surface area contributed by atoms with Gasteiger partial charge in [-0.3, -0.25) is 13.9 Å². The maximum atomic E-state index is 13.1. The van der Waals surface area contributed by atoms with Crippen LogP contribution in [0.15, 0.2) is 77.7 Å². The van der Waals surface area contributed by atoms with Crippen molar-refractivity contribution in [3.8, 4) is 0 Å². The predicted octanol–water partition coefficient (Wildman–Crippen LogP) is 3.99. The molecule has 0 aliphatic heterocycles. The van der Waals surface area contributed by atoms with E-state index in [4.69, 9.17) is 11.6 Å². The first-order valence-corrected chi connectivity index (χ1v) is 12.6. The van der Waals surface area contributed by atoms with Crippen LogP contribution in [0.2, 0.25) is 5.02 Å². The van der Waals surface area contributed by atoms with Crippen LogP contribution >= 0.6 is 11.6 Å². The Morgan fingerprint density at radius 3 is 2.32 bits per heavy atom. The van der Waals surface area contributed by atoms with Gasteiger partial charge in [-0.05, 0) is 66.9 Å². The number of benzene rings is 3. The normalized spacial score (nSPS) is 13.2. The van der Waals surface area contributed by atoms with Gasteiger partial charge < -0.3 is 10.6 Å². The second kappa shape index (κ2) is 9.87. The van der Waals surface area contributed by atoms with Crippen LogP contribution in [0.4, 0.5) is 5.69 Å². The van der Waals surface area contributed by atoms with Crippen LogP contribution in [-0.2, 0) is 16.6 Å². The Morgan fingerprint density at radius 2 is 1.65 bits per heavy atom. The Bertz CT molecular complexity index is 1320. The lowest BCUT2D eigenvalue weighted by molar-refractivity contribution is 0.0941. The molecule has 0 saturated heterocycles. The van der Waals surface area contributed by atoms with Crippen molar-refractivity contribution in [3.63, 3.8) is 0 Å². The van der Waals surface area contributed by atoms with Crippen molar-refractivity contribution in [2.75, 3.05) is 11.4 Å². The van der Waals surface area contributed by atoms with Crippen LogP contribution in [0, 0.1) is 0 Å². The Kier molecular flexibility index (Phi) is 6.90. The quantitative estimate of drug-likeness (QED) is 0.492. The highest BCUT2D eigenvalue weighted by molar-refractivity contribution is 7.92. The molecule has 0 unspecified atom stereocenters. The highest BCUT2D eigenvalue weighted by Gasteiger charge is 2.24. The Morgan fingerprint density at radius 1 is 0.941 bits per heavy atom. The number of sulfonamides is 1. The molecule has 34 heavy (non-hydrogen) atoms. The number of hydrogen-bond acceptors (Lipinski definition) is 4. The number of carbonyl (C=O) groups excluding carboxylic acids is 2. The average Bonchev–Trinajstić information content (AvgIpc) is 3.66. The minimum atomic E-state index is -3.89. The molecule has 1 fully saturated rings. The predicted molar refractivity (Wildman–Crippen MR) is 132 cm³/mol. The number of nitrogens with one attached hydrogen (secondary N) is 2. The lowest BCUT2D eigenvalue weighted by Crippen LogP contribution is -2.27. The summed E-state index contributed by atoms with van der Waals surface area (Å²) in [5.74, 6) is -0.503. The van der Waals surface area contributed by atoms with Crippen LogP contribution in [0.25, 0.3) is 0 Å². The standard InChI is InChI=1S/C25H24ClN3O4S/c1-29(22-6-3-5-20(26)15-22)34(32,33)23-7-2-4-19(14-23)24(30)27-16-17-8-10-18(11-9-17)25(31)28-21-12-13-21/h2-11,14-15,21H,12-13,16H2,1H3,(H,27,30)(H,28,31). The van der Waals surface area contributed by atoms with Crippen LogP contribution in [0.5, 0.6) is 0 Å². The van der Waals surface area contributed by atoms with Crippen molar-refractivity contribution in [1.29, 1.82) is 0 Å². The minimum absolute atomic E-state index is 0.00588. The van der Waals surface area contributed by atoms with Gasteiger partial charge >= 0.3 is 0 Å². The van der Waals surface area contributed by atoms with E-state index in [1.165, 1.54) is 25.2 Å². The molecule has 2 N–H and O–H groups in total. The maximum Gasteiger partial charge on any atom is 0.264 e. The number of hydrogen-bond donors (Lipinski definition) is 2. The summed E-state index contributed by atoms with van der Waals surface area (Å²) in [6, 6.07) is 19.7. The molecule has 0 heterocycles. The third-order valence-corrected chi connectivity index (χ3v) is 7.52. The summed E-state index contributed by atoms with van der Waals surface area (Å²) in [5.41, 5.74) is 2.03. The third kappa shape index (κ3) is 5.58. The van der Waals surface area contributed by atoms with Gasteiger partial charge in [-0.25, -0.2) is 8.42 Å². The number of anilines is 1.